The lowest BCUT2D eigenvalue weighted by Crippen LogP contribution is -2.03. The molecule has 0 unspecified atom stereocenters. The van der Waals surface area contributed by atoms with Crippen molar-refractivity contribution in [1.82, 2.24) is 0 Å². The highest BCUT2D eigenvalue weighted by Gasteiger charge is 2.23. The number of carbonyl (C=O) groups is 1. The number of hydrogen-bond acceptors (Lipinski definition) is 1. The summed E-state index contributed by atoms with van der Waals surface area (Å²) in [6.45, 7) is 2.04. The molecule has 94 valence electrons. The molecule has 1 aliphatic heterocycles. The van der Waals surface area contributed by atoms with E-state index in [4.69, 9.17) is 11.6 Å². The Morgan fingerprint density at radius 1 is 1.11 bits per heavy atom. The Labute approximate surface area is 116 Å². The van der Waals surface area contributed by atoms with Gasteiger partial charge in [0.25, 0.3) is 5.91 Å². The van der Waals surface area contributed by atoms with Gasteiger partial charge < -0.3 is 5.32 Å². The monoisotopic (exact) mass is 269 g/mol. The number of anilines is 1. The molecular weight excluding hydrogens is 258 g/mol. The maximum absolute atomic E-state index is 12.0. The Balaban J connectivity index is 2.06. The van der Waals surface area contributed by atoms with Gasteiger partial charge in [0, 0.05) is 16.2 Å². The van der Waals surface area contributed by atoms with Gasteiger partial charge in [-0.2, -0.15) is 0 Å². The Morgan fingerprint density at radius 2 is 1.84 bits per heavy atom. The van der Waals surface area contributed by atoms with Crippen LogP contribution in [0.1, 0.15) is 16.7 Å². The molecular formula is C16H12ClNO. The number of halogens is 1. The maximum atomic E-state index is 12.0. The summed E-state index contributed by atoms with van der Waals surface area (Å²) in [5, 5.41) is 3.45. The second-order valence-corrected chi connectivity index (χ2v) is 5.05. The zero-order chi connectivity index (χ0) is 13.4. The third-order valence-corrected chi connectivity index (χ3v) is 3.39. The minimum atomic E-state index is -0.0853. The van der Waals surface area contributed by atoms with Crippen LogP contribution in [0.15, 0.2) is 42.5 Å². The van der Waals surface area contributed by atoms with Gasteiger partial charge in [0.2, 0.25) is 0 Å². The summed E-state index contributed by atoms with van der Waals surface area (Å²) in [5.74, 6) is -0.0853. The lowest BCUT2D eigenvalue weighted by molar-refractivity contribution is -0.110. The van der Waals surface area contributed by atoms with Crippen molar-refractivity contribution < 1.29 is 4.79 Å². The lowest BCUT2D eigenvalue weighted by Gasteiger charge is -1.99. The molecule has 0 atom stereocenters. The average molecular weight is 270 g/mol. The van der Waals surface area contributed by atoms with Crippen LogP contribution in [0, 0.1) is 6.92 Å². The normalized spacial score (nSPS) is 15.5. The van der Waals surface area contributed by atoms with Crippen molar-refractivity contribution in [2.24, 2.45) is 0 Å². The molecule has 3 heteroatoms. The average Bonchev–Trinajstić information content (AvgIpc) is 2.68. The minimum Gasteiger partial charge on any atom is -0.321 e. The summed E-state index contributed by atoms with van der Waals surface area (Å²) in [4.78, 5) is 12.0. The van der Waals surface area contributed by atoms with E-state index < -0.39 is 0 Å². The molecule has 1 N–H and O–H groups in total. The van der Waals surface area contributed by atoms with Crippen molar-refractivity contribution in [3.8, 4) is 0 Å². The molecule has 0 saturated carbocycles. The molecule has 0 aliphatic carbocycles. The maximum Gasteiger partial charge on any atom is 0.256 e. The van der Waals surface area contributed by atoms with Gasteiger partial charge in [-0.1, -0.05) is 47.5 Å². The zero-order valence-electron chi connectivity index (χ0n) is 10.4. The summed E-state index contributed by atoms with van der Waals surface area (Å²) in [5.41, 5.74) is 4.56. The number of nitrogens with one attached hydrogen (secondary N) is 1. The zero-order valence-corrected chi connectivity index (χ0v) is 11.2. The van der Waals surface area contributed by atoms with E-state index >= 15 is 0 Å². The van der Waals surface area contributed by atoms with Crippen molar-refractivity contribution in [1.29, 1.82) is 0 Å². The highest BCUT2D eigenvalue weighted by Crippen LogP contribution is 2.34. The van der Waals surface area contributed by atoms with Crippen molar-refractivity contribution in [2.75, 3.05) is 5.32 Å². The lowest BCUT2D eigenvalue weighted by atomic mass is 10.0. The molecule has 19 heavy (non-hydrogen) atoms. The van der Waals surface area contributed by atoms with Gasteiger partial charge in [0.15, 0.2) is 0 Å². The highest BCUT2D eigenvalue weighted by molar-refractivity contribution is 6.36. The number of hydrogen-bond donors (Lipinski definition) is 1. The Bertz CT molecular complexity index is 686. The predicted octanol–water partition coefficient (Wildman–Crippen LogP) is 4.14. The van der Waals surface area contributed by atoms with E-state index in [2.05, 4.69) is 5.32 Å². The summed E-state index contributed by atoms with van der Waals surface area (Å²) < 4.78 is 0. The number of carbonyl (C=O) groups excluding carboxylic acids is 1. The standard InChI is InChI=1S/C16H12ClNO/c1-10-2-4-11(5-3-10)8-14-13-7-6-12(17)9-15(13)18-16(14)19/h2-9H,1H3,(H,18,19)/b14-8+. The van der Waals surface area contributed by atoms with Crippen LogP contribution in [0.3, 0.4) is 0 Å². The molecule has 3 rings (SSSR count). The quantitative estimate of drug-likeness (QED) is 0.775. The summed E-state index contributed by atoms with van der Waals surface area (Å²) in [6, 6.07) is 13.5. The second kappa shape index (κ2) is 4.56. The van der Waals surface area contributed by atoms with E-state index in [0.717, 1.165) is 16.8 Å². The smallest absolute Gasteiger partial charge is 0.256 e. The molecule has 0 bridgehead atoms. The van der Waals surface area contributed by atoms with E-state index in [1.165, 1.54) is 5.56 Å². The number of rotatable bonds is 1. The second-order valence-electron chi connectivity index (χ2n) is 4.61. The summed E-state index contributed by atoms with van der Waals surface area (Å²) >= 11 is 5.93. The first-order valence-corrected chi connectivity index (χ1v) is 6.41. The first-order chi connectivity index (χ1) is 9.13. The number of amides is 1. The molecule has 0 fully saturated rings. The van der Waals surface area contributed by atoms with Crippen LogP contribution in [-0.2, 0) is 4.79 Å². The highest BCUT2D eigenvalue weighted by atomic mass is 35.5. The Morgan fingerprint density at radius 3 is 2.58 bits per heavy atom. The van der Waals surface area contributed by atoms with Crippen LogP contribution in [0.25, 0.3) is 11.6 Å². The van der Waals surface area contributed by atoms with Crippen molar-refractivity contribution in [3.63, 3.8) is 0 Å². The molecule has 0 spiro atoms. The van der Waals surface area contributed by atoms with Crippen LogP contribution < -0.4 is 5.32 Å². The minimum absolute atomic E-state index is 0.0853. The fraction of sp³-hybridized carbons (Fsp3) is 0.0625. The van der Waals surface area contributed by atoms with Gasteiger partial charge in [-0.05, 0) is 30.7 Å². The first-order valence-electron chi connectivity index (χ1n) is 6.03. The number of benzene rings is 2. The molecule has 2 aromatic carbocycles. The van der Waals surface area contributed by atoms with Crippen LogP contribution >= 0.6 is 11.6 Å². The van der Waals surface area contributed by atoms with Crippen LogP contribution in [-0.4, -0.2) is 5.91 Å². The van der Waals surface area contributed by atoms with Gasteiger partial charge in [-0.25, -0.2) is 0 Å². The Kier molecular flexibility index (Phi) is 2.88. The molecule has 0 radical (unpaired) electrons. The fourth-order valence-electron chi connectivity index (χ4n) is 2.14. The molecule has 0 saturated heterocycles. The molecule has 2 nitrogen and oxygen atoms in total. The SMILES string of the molecule is Cc1ccc(/C=C2/C(=O)Nc3cc(Cl)ccc32)cc1. The van der Waals surface area contributed by atoms with Crippen LogP contribution in [0.2, 0.25) is 5.02 Å². The number of fused-ring (bicyclic) bond motifs is 1. The van der Waals surface area contributed by atoms with E-state index in [9.17, 15) is 4.79 Å². The fourth-order valence-corrected chi connectivity index (χ4v) is 2.31. The molecule has 2 aromatic rings. The third-order valence-electron chi connectivity index (χ3n) is 3.15. The van der Waals surface area contributed by atoms with Crippen LogP contribution in [0.4, 0.5) is 5.69 Å². The van der Waals surface area contributed by atoms with Gasteiger partial charge >= 0.3 is 0 Å². The van der Waals surface area contributed by atoms with E-state index in [-0.39, 0.29) is 5.91 Å². The molecule has 1 heterocycles. The molecule has 1 aliphatic rings. The van der Waals surface area contributed by atoms with Crippen LogP contribution in [0.5, 0.6) is 0 Å². The largest absolute Gasteiger partial charge is 0.321 e. The topological polar surface area (TPSA) is 29.1 Å². The van der Waals surface area contributed by atoms with E-state index in [0.29, 0.717) is 10.6 Å². The third kappa shape index (κ3) is 2.27. The van der Waals surface area contributed by atoms with E-state index in [1.807, 2.05) is 43.3 Å². The van der Waals surface area contributed by atoms with Gasteiger partial charge in [-0.15, -0.1) is 0 Å². The van der Waals surface area contributed by atoms with Crippen molar-refractivity contribution >= 4 is 34.8 Å². The molecule has 1 amide bonds. The van der Waals surface area contributed by atoms with Gasteiger partial charge in [0.05, 0.1) is 5.69 Å². The van der Waals surface area contributed by atoms with Gasteiger partial charge in [-0.3, -0.25) is 4.79 Å². The number of aryl methyl sites for hydroxylation is 1. The van der Waals surface area contributed by atoms with Crippen molar-refractivity contribution in [3.05, 3.63) is 64.2 Å². The van der Waals surface area contributed by atoms with Crippen molar-refractivity contribution in [2.45, 2.75) is 6.92 Å². The van der Waals surface area contributed by atoms with E-state index in [1.54, 1.807) is 12.1 Å². The molecule has 0 aromatic heterocycles. The van der Waals surface area contributed by atoms with Gasteiger partial charge in [0.1, 0.15) is 0 Å². The first kappa shape index (κ1) is 12.0. The summed E-state index contributed by atoms with van der Waals surface area (Å²) in [7, 11) is 0. The summed E-state index contributed by atoms with van der Waals surface area (Å²) in [6.07, 6.45) is 1.90. The Hall–Kier alpha value is -2.06. The predicted molar refractivity (Wildman–Crippen MR) is 79.1 cm³/mol.